The summed E-state index contributed by atoms with van der Waals surface area (Å²) < 4.78 is 16.9. The van der Waals surface area contributed by atoms with Crippen LogP contribution in [0.25, 0.3) is 0 Å². The van der Waals surface area contributed by atoms with E-state index in [0.29, 0.717) is 4.90 Å². The number of hydrogen-bond donors (Lipinski definition) is 0. The van der Waals surface area contributed by atoms with Crippen LogP contribution < -0.4 is 4.18 Å². The lowest BCUT2D eigenvalue weighted by atomic mass is 10.2. The predicted octanol–water partition coefficient (Wildman–Crippen LogP) is 2.59. The van der Waals surface area contributed by atoms with Crippen molar-refractivity contribution in [2.75, 3.05) is 0 Å². The second-order valence-corrected chi connectivity index (χ2v) is 5.07. The van der Waals surface area contributed by atoms with Crippen LogP contribution in [0.5, 0.6) is 6.01 Å². The molecule has 0 aliphatic heterocycles. The fourth-order valence-electron chi connectivity index (χ4n) is 1.11. The van der Waals surface area contributed by atoms with Crippen molar-refractivity contribution < 1.29 is 8.39 Å². The van der Waals surface area contributed by atoms with E-state index in [2.05, 4.69) is 15.0 Å². The molecule has 0 fully saturated rings. The van der Waals surface area contributed by atoms with Crippen molar-refractivity contribution in [1.82, 2.24) is 15.0 Å². The first kappa shape index (κ1) is 13.2. The number of hydrogen-bond acceptors (Lipinski definition) is 5. The molecule has 2 aromatic rings. The third kappa shape index (κ3) is 3.38. The minimum Gasteiger partial charge on any atom is -0.358 e. The van der Waals surface area contributed by atoms with E-state index in [-0.39, 0.29) is 16.6 Å². The smallest absolute Gasteiger partial charge is 0.336 e. The molecule has 1 atom stereocenters. The third-order valence-corrected chi connectivity index (χ3v) is 3.22. The second kappa shape index (κ2) is 5.60. The van der Waals surface area contributed by atoms with E-state index >= 15 is 0 Å². The summed E-state index contributed by atoms with van der Waals surface area (Å²) >= 11 is 9.42. The molecule has 0 aliphatic carbocycles. The van der Waals surface area contributed by atoms with Crippen LogP contribution in [0.3, 0.4) is 0 Å². The van der Waals surface area contributed by atoms with E-state index in [0.717, 1.165) is 5.56 Å². The minimum absolute atomic E-state index is 0.120. The van der Waals surface area contributed by atoms with Crippen LogP contribution in [-0.4, -0.2) is 19.2 Å². The van der Waals surface area contributed by atoms with Crippen molar-refractivity contribution in [3.8, 4) is 6.01 Å². The highest BCUT2D eigenvalue weighted by atomic mass is 35.5. The molecule has 1 aromatic heterocycles. The summed E-state index contributed by atoms with van der Waals surface area (Å²) in [5.41, 5.74) is 1.06. The quantitative estimate of drug-likeness (QED) is 0.872. The largest absolute Gasteiger partial charge is 0.358 e. The Bertz CT molecular complexity index is 572. The van der Waals surface area contributed by atoms with Crippen molar-refractivity contribution in [3.63, 3.8) is 0 Å². The van der Waals surface area contributed by atoms with E-state index in [1.54, 1.807) is 12.1 Å². The zero-order valence-corrected chi connectivity index (χ0v) is 11.5. The summed E-state index contributed by atoms with van der Waals surface area (Å²) in [6.45, 7) is 1.93. The van der Waals surface area contributed by atoms with E-state index in [1.807, 2.05) is 19.1 Å². The molecular weight excluding hydrogens is 297 g/mol. The van der Waals surface area contributed by atoms with Gasteiger partial charge in [-0.25, -0.2) is 4.21 Å². The molecule has 94 valence electrons. The van der Waals surface area contributed by atoms with Gasteiger partial charge in [-0.2, -0.15) is 15.0 Å². The summed E-state index contributed by atoms with van der Waals surface area (Å²) in [6, 6.07) is 6.85. The van der Waals surface area contributed by atoms with Gasteiger partial charge in [0.25, 0.3) is 0 Å². The number of nitrogens with zero attached hydrogens (tertiary/aromatic N) is 3. The maximum Gasteiger partial charge on any atom is 0.336 e. The van der Waals surface area contributed by atoms with Crippen molar-refractivity contribution >= 4 is 34.3 Å². The van der Waals surface area contributed by atoms with Gasteiger partial charge in [0.15, 0.2) is 0 Å². The Morgan fingerprint density at radius 1 is 1.06 bits per heavy atom. The molecule has 18 heavy (non-hydrogen) atoms. The topological polar surface area (TPSA) is 65.0 Å². The van der Waals surface area contributed by atoms with Gasteiger partial charge in [-0.05, 0) is 42.3 Å². The molecule has 1 unspecified atom stereocenters. The summed E-state index contributed by atoms with van der Waals surface area (Å²) in [5.74, 6) is 0. The molecule has 2 rings (SSSR count). The normalized spacial score (nSPS) is 12.2. The van der Waals surface area contributed by atoms with Crippen LogP contribution in [0.1, 0.15) is 5.56 Å². The van der Waals surface area contributed by atoms with Crippen LogP contribution in [0.2, 0.25) is 10.6 Å². The van der Waals surface area contributed by atoms with Gasteiger partial charge in [0, 0.05) is 0 Å². The first-order valence-electron chi connectivity index (χ1n) is 4.78. The first-order valence-corrected chi connectivity index (χ1v) is 6.61. The minimum atomic E-state index is -1.73. The Kier molecular flexibility index (Phi) is 4.11. The Morgan fingerprint density at radius 3 is 2.17 bits per heavy atom. The Balaban J connectivity index is 2.18. The van der Waals surface area contributed by atoms with Crippen molar-refractivity contribution in [2.45, 2.75) is 11.8 Å². The van der Waals surface area contributed by atoms with Crippen molar-refractivity contribution in [2.24, 2.45) is 0 Å². The van der Waals surface area contributed by atoms with Crippen molar-refractivity contribution in [3.05, 3.63) is 40.4 Å². The monoisotopic (exact) mass is 303 g/mol. The van der Waals surface area contributed by atoms with Gasteiger partial charge in [-0.3, -0.25) is 0 Å². The average Bonchev–Trinajstić information content (AvgIpc) is 2.28. The highest BCUT2D eigenvalue weighted by Gasteiger charge is 2.10. The maximum absolute atomic E-state index is 11.9. The zero-order chi connectivity index (χ0) is 13.1. The van der Waals surface area contributed by atoms with Gasteiger partial charge < -0.3 is 4.18 Å². The van der Waals surface area contributed by atoms with Crippen LogP contribution in [-0.2, 0) is 11.1 Å². The van der Waals surface area contributed by atoms with Gasteiger partial charge in [0.05, 0.1) is 4.90 Å². The second-order valence-electron chi connectivity index (χ2n) is 3.29. The molecule has 1 heterocycles. The van der Waals surface area contributed by atoms with E-state index in [1.165, 1.54) is 0 Å². The molecule has 0 saturated carbocycles. The summed E-state index contributed by atoms with van der Waals surface area (Å²) in [6.07, 6.45) is 0. The Labute approximate surface area is 116 Å². The molecular formula is C10H7Cl2N3O2S. The SMILES string of the molecule is Cc1ccc(S(=O)Oc2nc(Cl)nc(Cl)n2)cc1. The van der Waals surface area contributed by atoms with E-state index in [9.17, 15) is 4.21 Å². The summed E-state index contributed by atoms with van der Waals surface area (Å²) in [5, 5.41) is -0.239. The lowest BCUT2D eigenvalue weighted by Crippen LogP contribution is -2.05. The van der Waals surface area contributed by atoms with Gasteiger partial charge in [-0.1, -0.05) is 17.7 Å². The molecule has 0 spiro atoms. The molecule has 1 aromatic carbocycles. The lowest BCUT2D eigenvalue weighted by Gasteiger charge is -2.03. The maximum atomic E-state index is 11.9. The first-order chi connectivity index (χ1) is 8.54. The predicted molar refractivity (Wildman–Crippen MR) is 68.1 cm³/mol. The molecule has 0 bridgehead atoms. The Morgan fingerprint density at radius 2 is 1.61 bits per heavy atom. The van der Waals surface area contributed by atoms with Crippen molar-refractivity contribution in [1.29, 1.82) is 0 Å². The number of aromatic nitrogens is 3. The van der Waals surface area contributed by atoms with Crippen LogP contribution in [0, 0.1) is 6.92 Å². The highest BCUT2D eigenvalue weighted by Crippen LogP contribution is 2.15. The number of halogens is 2. The molecule has 0 radical (unpaired) electrons. The fraction of sp³-hybridized carbons (Fsp3) is 0.100. The van der Waals surface area contributed by atoms with E-state index in [4.69, 9.17) is 27.4 Å². The Hall–Kier alpha value is -1.24. The summed E-state index contributed by atoms with van der Waals surface area (Å²) in [7, 11) is 0. The van der Waals surface area contributed by atoms with E-state index < -0.39 is 11.1 Å². The van der Waals surface area contributed by atoms with Gasteiger partial charge in [0.2, 0.25) is 21.6 Å². The number of aryl methyl sites for hydroxylation is 1. The van der Waals surface area contributed by atoms with Crippen LogP contribution in [0.4, 0.5) is 0 Å². The highest BCUT2D eigenvalue weighted by molar-refractivity contribution is 7.80. The zero-order valence-electron chi connectivity index (χ0n) is 9.13. The van der Waals surface area contributed by atoms with Gasteiger partial charge in [0.1, 0.15) is 0 Å². The summed E-state index contributed by atoms with van der Waals surface area (Å²) in [4.78, 5) is 11.4. The fourth-order valence-corrected chi connectivity index (χ4v) is 2.12. The standard InChI is InChI=1S/C10H7Cl2N3O2S/c1-6-2-4-7(5-3-6)18(16)17-10-14-8(11)13-9(12)15-10/h2-5H,1H3. The average molecular weight is 304 g/mol. The molecule has 8 heteroatoms. The molecule has 0 saturated heterocycles. The van der Waals surface area contributed by atoms with Gasteiger partial charge in [-0.15, -0.1) is 0 Å². The van der Waals surface area contributed by atoms with Gasteiger partial charge >= 0.3 is 6.01 Å². The lowest BCUT2D eigenvalue weighted by molar-refractivity contribution is 0.523. The number of benzene rings is 1. The molecule has 0 N–H and O–H groups in total. The third-order valence-electron chi connectivity index (χ3n) is 1.92. The molecule has 0 amide bonds. The molecule has 0 aliphatic rings. The molecule has 5 nitrogen and oxygen atoms in total. The number of rotatable bonds is 3. The van der Waals surface area contributed by atoms with Crippen LogP contribution in [0.15, 0.2) is 29.2 Å². The van der Waals surface area contributed by atoms with Crippen LogP contribution >= 0.6 is 23.2 Å².